The Morgan fingerprint density at radius 1 is 1.24 bits per heavy atom. The number of amides is 1. The maximum absolute atomic E-state index is 13.3. The van der Waals surface area contributed by atoms with E-state index in [-0.39, 0.29) is 27.2 Å². The summed E-state index contributed by atoms with van der Waals surface area (Å²) in [6.45, 7) is 5.28. The van der Waals surface area contributed by atoms with Gasteiger partial charge in [0.1, 0.15) is 28.0 Å². The number of sulfone groups is 1. The third-order valence-corrected chi connectivity index (χ3v) is 8.06. The van der Waals surface area contributed by atoms with Gasteiger partial charge in [0.15, 0.2) is 0 Å². The quantitative estimate of drug-likeness (QED) is 0.435. The van der Waals surface area contributed by atoms with Gasteiger partial charge in [-0.2, -0.15) is 5.10 Å². The first-order valence-corrected chi connectivity index (χ1v) is 12.9. The number of aromatic nitrogens is 2. The van der Waals surface area contributed by atoms with E-state index in [4.69, 9.17) is 22.1 Å². The van der Waals surface area contributed by atoms with Gasteiger partial charge in [0.05, 0.1) is 17.7 Å². The minimum absolute atomic E-state index is 0.0917. The van der Waals surface area contributed by atoms with E-state index in [1.807, 2.05) is 13.8 Å². The lowest BCUT2D eigenvalue weighted by Crippen LogP contribution is -2.21. The summed E-state index contributed by atoms with van der Waals surface area (Å²) in [4.78, 5) is 12.8. The van der Waals surface area contributed by atoms with Crippen LogP contribution in [-0.2, 0) is 21.2 Å². The van der Waals surface area contributed by atoms with Crippen LogP contribution in [-0.4, -0.2) is 37.0 Å². The van der Waals surface area contributed by atoms with Gasteiger partial charge in [-0.15, -0.1) is 11.8 Å². The molecule has 0 spiro atoms. The molecule has 3 N–H and O–H groups in total. The summed E-state index contributed by atoms with van der Waals surface area (Å²) in [5, 5.41) is 7.84. The fraction of sp³-hybridized carbons (Fsp3) is 0.273. The van der Waals surface area contributed by atoms with E-state index in [0.29, 0.717) is 22.2 Å². The standard InChI is InChI=1S/C22H25ClN4O4S2/c1-5-32-22-20(33(29,30)15-8-6-13(2)7-9-15)21(24)27(26-22)12-19(28)25-17-10-14(3)16(23)11-18(17)31-4/h6-11H,5,12,24H2,1-4H3,(H,25,28). The molecule has 0 radical (unpaired) electrons. The van der Waals surface area contributed by atoms with Gasteiger partial charge >= 0.3 is 0 Å². The van der Waals surface area contributed by atoms with E-state index in [1.54, 1.807) is 31.2 Å². The summed E-state index contributed by atoms with van der Waals surface area (Å²) in [6, 6.07) is 9.80. The molecule has 0 atom stereocenters. The Morgan fingerprint density at radius 2 is 1.91 bits per heavy atom. The van der Waals surface area contributed by atoms with Crippen LogP contribution in [0, 0.1) is 13.8 Å². The summed E-state index contributed by atoms with van der Waals surface area (Å²) in [7, 11) is -2.46. The average Bonchev–Trinajstić information content (AvgIpc) is 3.06. The van der Waals surface area contributed by atoms with Crippen molar-refractivity contribution in [3.8, 4) is 5.75 Å². The van der Waals surface area contributed by atoms with E-state index in [9.17, 15) is 13.2 Å². The van der Waals surface area contributed by atoms with Gasteiger partial charge in [-0.3, -0.25) is 4.79 Å². The first-order chi connectivity index (χ1) is 15.6. The normalized spacial score (nSPS) is 11.4. The highest BCUT2D eigenvalue weighted by molar-refractivity contribution is 8.00. The average molecular weight is 509 g/mol. The molecule has 33 heavy (non-hydrogen) atoms. The third kappa shape index (κ3) is 5.29. The number of rotatable bonds is 8. The van der Waals surface area contributed by atoms with Crippen molar-refractivity contribution in [2.45, 2.75) is 42.1 Å². The number of hydrogen-bond donors (Lipinski definition) is 2. The maximum Gasteiger partial charge on any atom is 0.246 e. The summed E-state index contributed by atoms with van der Waals surface area (Å²) < 4.78 is 33.1. The number of thioether (sulfide) groups is 1. The van der Waals surface area contributed by atoms with Crippen LogP contribution < -0.4 is 15.8 Å². The molecular formula is C22H25ClN4O4S2. The first kappa shape index (κ1) is 24.9. The number of ether oxygens (including phenoxy) is 1. The Morgan fingerprint density at radius 3 is 2.52 bits per heavy atom. The fourth-order valence-corrected chi connectivity index (χ4v) is 5.84. The molecule has 2 aromatic carbocycles. The van der Waals surface area contributed by atoms with Crippen LogP contribution >= 0.6 is 23.4 Å². The second-order valence-electron chi connectivity index (χ2n) is 7.28. The monoisotopic (exact) mass is 508 g/mol. The number of anilines is 2. The molecule has 0 unspecified atom stereocenters. The van der Waals surface area contributed by atoms with Gasteiger partial charge in [-0.05, 0) is 43.4 Å². The molecule has 3 aromatic rings. The van der Waals surface area contributed by atoms with Gasteiger partial charge in [-0.25, -0.2) is 13.1 Å². The summed E-state index contributed by atoms with van der Waals surface area (Å²) >= 11 is 7.37. The fourth-order valence-electron chi connectivity index (χ4n) is 3.13. The lowest BCUT2D eigenvalue weighted by Gasteiger charge is -2.12. The Bertz CT molecular complexity index is 1290. The minimum Gasteiger partial charge on any atom is -0.495 e. The number of nitrogens with one attached hydrogen (secondary N) is 1. The second kappa shape index (κ2) is 10.1. The predicted octanol–water partition coefficient (Wildman–Crippen LogP) is 4.33. The van der Waals surface area contributed by atoms with Crippen LogP contribution in [0.3, 0.4) is 0 Å². The lowest BCUT2D eigenvalue weighted by molar-refractivity contribution is -0.116. The number of carbonyl (C=O) groups excluding carboxylic acids is 1. The lowest BCUT2D eigenvalue weighted by atomic mass is 10.2. The van der Waals surface area contributed by atoms with Crippen LogP contribution in [0.1, 0.15) is 18.1 Å². The van der Waals surface area contributed by atoms with Crippen molar-refractivity contribution in [1.82, 2.24) is 9.78 Å². The van der Waals surface area contributed by atoms with Gasteiger partial charge < -0.3 is 15.8 Å². The molecule has 176 valence electrons. The zero-order valence-corrected chi connectivity index (χ0v) is 21.1. The molecule has 1 heterocycles. The number of nitrogen functional groups attached to an aromatic ring is 1. The molecule has 0 saturated carbocycles. The van der Waals surface area contributed by atoms with Crippen molar-refractivity contribution in [3.05, 3.63) is 52.5 Å². The van der Waals surface area contributed by atoms with Crippen LogP contribution in [0.15, 0.2) is 51.2 Å². The zero-order chi connectivity index (χ0) is 24.3. The summed E-state index contributed by atoms with van der Waals surface area (Å²) in [5.74, 6) is 0.440. The Balaban J connectivity index is 1.95. The maximum atomic E-state index is 13.3. The van der Waals surface area contributed by atoms with Gasteiger partial charge in [0.2, 0.25) is 15.7 Å². The third-order valence-electron chi connectivity index (χ3n) is 4.85. The Labute approximate surface area is 202 Å². The molecule has 8 nitrogen and oxygen atoms in total. The van der Waals surface area contributed by atoms with Crippen LogP contribution in [0.5, 0.6) is 5.75 Å². The van der Waals surface area contributed by atoms with Crippen molar-refractivity contribution in [1.29, 1.82) is 0 Å². The van der Waals surface area contributed by atoms with Gasteiger partial charge in [0, 0.05) is 11.1 Å². The van der Waals surface area contributed by atoms with Gasteiger partial charge in [0.25, 0.3) is 0 Å². The highest BCUT2D eigenvalue weighted by atomic mass is 35.5. The highest BCUT2D eigenvalue weighted by Crippen LogP contribution is 2.35. The number of aryl methyl sites for hydroxylation is 2. The number of halogens is 1. The minimum atomic E-state index is -3.93. The molecule has 0 fully saturated rings. The first-order valence-electron chi connectivity index (χ1n) is 10.0. The number of nitrogens with two attached hydrogens (primary N) is 1. The van der Waals surface area contributed by atoms with Crippen LogP contribution in [0.2, 0.25) is 5.02 Å². The SMILES string of the molecule is CCSc1nn(CC(=O)Nc2cc(C)c(Cl)cc2OC)c(N)c1S(=O)(=O)c1ccc(C)cc1. The van der Waals surface area contributed by atoms with Crippen molar-refractivity contribution >= 4 is 50.6 Å². The Kier molecular flexibility index (Phi) is 7.61. The van der Waals surface area contributed by atoms with Crippen molar-refractivity contribution in [2.24, 2.45) is 0 Å². The number of methoxy groups -OCH3 is 1. The van der Waals surface area contributed by atoms with Crippen LogP contribution in [0.4, 0.5) is 11.5 Å². The molecular weight excluding hydrogens is 484 g/mol. The molecule has 1 aromatic heterocycles. The van der Waals surface area contributed by atoms with Crippen LogP contribution in [0.25, 0.3) is 0 Å². The van der Waals surface area contributed by atoms with E-state index in [1.165, 1.54) is 35.7 Å². The van der Waals surface area contributed by atoms with E-state index in [0.717, 1.165) is 11.1 Å². The molecule has 3 rings (SSSR count). The van der Waals surface area contributed by atoms with E-state index < -0.39 is 15.7 Å². The van der Waals surface area contributed by atoms with E-state index in [2.05, 4.69) is 10.4 Å². The summed E-state index contributed by atoms with van der Waals surface area (Å²) in [6.07, 6.45) is 0. The number of benzene rings is 2. The molecule has 0 aliphatic carbocycles. The van der Waals surface area contributed by atoms with Gasteiger partial charge in [-0.1, -0.05) is 36.2 Å². The number of carbonyl (C=O) groups is 1. The number of hydrogen-bond acceptors (Lipinski definition) is 7. The molecule has 0 aliphatic heterocycles. The van der Waals surface area contributed by atoms with Crippen molar-refractivity contribution in [3.63, 3.8) is 0 Å². The highest BCUT2D eigenvalue weighted by Gasteiger charge is 2.30. The molecule has 1 amide bonds. The second-order valence-corrected chi connectivity index (χ2v) is 10.8. The van der Waals surface area contributed by atoms with Crippen molar-refractivity contribution < 1.29 is 17.9 Å². The topological polar surface area (TPSA) is 116 Å². The molecule has 0 saturated heterocycles. The van der Waals surface area contributed by atoms with E-state index >= 15 is 0 Å². The smallest absolute Gasteiger partial charge is 0.246 e. The zero-order valence-electron chi connectivity index (χ0n) is 18.7. The van der Waals surface area contributed by atoms with Crippen molar-refractivity contribution in [2.75, 3.05) is 23.9 Å². The molecule has 0 aliphatic rings. The molecule has 0 bridgehead atoms. The summed E-state index contributed by atoms with van der Waals surface area (Å²) in [5.41, 5.74) is 8.35. The Hall–Kier alpha value is -2.69. The largest absolute Gasteiger partial charge is 0.495 e. The predicted molar refractivity (Wildman–Crippen MR) is 131 cm³/mol. The number of nitrogens with zero attached hydrogens (tertiary/aromatic N) is 2. The molecule has 11 heteroatoms.